The summed E-state index contributed by atoms with van der Waals surface area (Å²) < 4.78 is 25.2. The first-order valence-electron chi connectivity index (χ1n) is 4.20. The largest absolute Gasteiger partial charge is 0.368 e. The predicted molar refractivity (Wildman–Crippen MR) is 47.2 cm³/mol. The van der Waals surface area contributed by atoms with E-state index in [1.807, 2.05) is 0 Å². The molecule has 1 aliphatic rings. The second-order valence-corrected chi connectivity index (χ2v) is 3.25. The normalized spacial score (nSPS) is 14.9. The van der Waals surface area contributed by atoms with Crippen LogP contribution < -0.4 is 5.73 Å². The van der Waals surface area contributed by atoms with Crippen LogP contribution in [0.1, 0.15) is 28.2 Å². The molecule has 2 heterocycles. The summed E-state index contributed by atoms with van der Waals surface area (Å²) in [4.78, 5) is 20.0. The maximum Gasteiger partial charge on any atom is 0.281 e. The van der Waals surface area contributed by atoms with Crippen molar-refractivity contribution in [1.29, 1.82) is 0 Å². The predicted octanol–water partition coefficient (Wildman–Crippen LogP) is 0.582. The van der Waals surface area contributed by atoms with Crippen molar-refractivity contribution in [2.75, 3.05) is 12.8 Å². The molecule has 1 aromatic heterocycles. The average Bonchev–Trinajstić information content (AvgIpc) is 2.41. The summed E-state index contributed by atoms with van der Waals surface area (Å²) in [6, 6.07) is 0. The van der Waals surface area contributed by atoms with Gasteiger partial charge >= 0.3 is 0 Å². The van der Waals surface area contributed by atoms with Crippen molar-refractivity contribution in [2.45, 2.75) is 13.0 Å². The Labute approximate surface area is 83.9 Å². The van der Waals surface area contributed by atoms with Gasteiger partial charge in [0.15, 0.2) is 0 Å². The van der Waals surface area contributed by atoms with Crippen LogP contribution in [0, 0.1) is 0 Å². The molecule has 0 spiro atoms. The zero-order valence-electron chi connectivity index (χ0n) is 7.87. The molecule has 0 aromatic carbocycles. The summed E-state index contributed by atoms with van der Waals surface area (Å²) in [6.07, 6.45) is -2.82. The molecule has 0 atom stereocenters. The van der Waals surface area contributed by atoms with Gasteiger partial charge in [-0.05, 0) is 0 Å². The van der Waals surface area contributed by atoms with E-state index in [1.165, 1.54) is 11.9 Å². The van der Waals surface area contributed by atoms with E-state index in [9.17, 15) is 13.6 Å². The first-order chi connectivity index (χ1) is 7.00. The molecule has 1 aromatic rings. The number of hydrogen-bond donors (Lipinski definition) is 1. The first-order valence-corrected chi connectivity index (χ1v) is 4.20. The van der Waals surface area contributed by atoms with Crippen molar-refractivity contribution < 1.29 is 13.6 Å². The molecule has 0 saturated carbocycles. The van der Waals surface area contributed by atoms with E-state index in [0.717, 1.165) is 0 Å². The number of halogens is 2. The summed E-state index contributed by atoms with van der Waals surface area (Å²) >= 11 is 0. The summed E-state index contributed by atoms with van der Waals surface area (Å²) in [6.45, 7) is 0.195. The van der Waals surface area contributed by atoms with Gasteiger partial charge in [-0.1, -0.05) is 0 Å². The molecule has 0 bridgehead atoms. The van der Waals surface area contributed by atoms with Gasteiger partial charge in [-0.25, -0.2) is 18.7 Å². The Morgan fingerprint density at radius 2 is 2.13 bits per heavy atom. The fraction of sp³-hybridized carbons (Fsp3) is 0.375. The lowest BCUT2D eigenvalue weighted by atomic mass is 10.2. The third-order valence-corrected chi connectivity index (χ3v) is 2.18. The van der Waals surface area contributed by atoms with Crippen molar-refractivity contribution in [3.63, 3.8) is 0 Å². The van der Waals surface area contributed by atoms with E-state index in [2.05, 4.69) is 9.97 Å². The molecule has 0 fully saturated rings. The van der Waals surface area contributed by atoms with E-state index in [4.69, 9.17) is 5.73 Å². The van der Waals surface area contributed by atoms with Crippen LogP contribution in [0.15, 0.2) is 0 Å². The minimum absolute atomic E-state index is 0.110. The molecule has 0 radical (unpaired) electrons. The highest BCUT2D eigenvalue weighted by Gasteiger charge is 2.33. The molecule has 7 heteroatoms. The number of amides is 1. The molecule has 2 N–H and O–H groups in total. The maximum atomic E-state index is 12.6. The first kappa shape index (κ1) is 9.75. The summed E-state index contributed by atoms with van der Waals surface area (Å²) in [5, 5.41) is 0. The quantitative estimate of drug-likeness (QED) is 0.742. The van der Waals surface area contributed by atoms with Gasteiger partial charge in [0.05, 0.1) is 17.8 Å². The number of carbonyl (C=O) groups excluding carboxylic acids is 1. The number of alkyl halides is 2. The molecular formula is C8H8F2N4O. The standard InChI is InChI=1S/C8H8F2N4O/c1-14-2-3-4(7(14)15)5(6(9)10)13-8(11)12-3/h6H,2H2,1H3,(H2,11,12,13). The molecule has 0 aliphatic carbocycles. The minimum Gasteiger partial charge on any atom is -0.368 e. The number of carbonyl (C=O) groups is 1. The molecule has 1 amide bonds. The molecule has 2 rings (SSSR count). The summed E-state index contributed by atoms with van der Waals surface area (Å²) in [7, 11) is 1.51. The van der Waals surface area contributed by atoms with Gasteiger partial charge in [-0.2, -0.15) is 0 Å². The SMILES string of the molecule is CN1Cc2nc(N)nc(C(F)F)c2C1=O. The van der Waals surface area contributed by atoms with E-state index in [0.29, 0.717) is 0 Å². The van der Waals surface area contributed by atoms with E-state index in [-0.39, 0.29) is 23.8 Å². The lowest BCUT2D eigenvalue weighted by molar-refractivity contribution is 0.0805. The van der Waals surface area contributed by atoms with Crippen LogP contribution in [0.5, 0.6) is 0 Å². The number of fused-ring (bicyclic) bond motifs is 1. The second-order valence-electron chi connectivity index (χ2n) is 3.25. The fourth-order valence-corrected chi connectivity index (χ4v) is 1.54. The molecule has 15 heavy (non-hydrogen) atoms. The van der Waals surface area contributed by atoms with Gasteiger partial charge in [0.2, 0.25) is 5.95 Å². The lowest BCUT2D eigenvalue weighted by Gasteiger charge is -2.06. The number of nitrogen functional groups attached to an aromatic ring is 1. The zero-order valence-corrected chi connectivity index (χ0v) is 7.87. The van der Waals surface area contributed by atoms with Crippen molar-refractivity contribution >= 4 is 11.9 Å². The average molecular weight is 214 g/mol. The zero-order chi connectivity index (χ0) is 11.2. The van der Waals surface area contributed by atoms with Crippen LogP contribution in [0.2, 0.25) is 0 Å². The van der Waals surface area contributed by atoms with Crippen LogP contribution in [-0.4, -0.2) is 27.8 Å². The number of anilines is 1. The Balaban J connectivity index is 2.64. The second kappa shape index (κ2) is 3.11. The van der Waals surface area contributed by atoms with Gasteiger partial charge in [0.25, 0.3) is 12.3 Å². The van der Waals surface area contributed by atoms with Crippen LogP contribution in [0.25, 0.3) is 0 Å². The van der Waals surface area contributed by atoms with Gasteiger partial charge in [-0.3, -0.25) is 4.79 Å². The van der Waals surface area contributed by atoms with Crippen molar-refractivity contribution in [2.24, 2.45) is 0 Å². The van der Waals surface area contributed by atoms with Gasteiger partial charge in [0.1, 0.15) is 5.69 Å². The summed E-state index contributed by atoms with van der Waals surface area (Å²) in [5.41, 5.74) is 4.86. The molecule has 0 unspecified atom stereocenters. The van der Waals surface area contributed by atoms with E-state index < -0.39 is 18.0 Å². The van der Waals surface area contributed by atoms with E-state index >= 15 is 0 Å². The Morgan fingerprint density at radius 1 is 1.47 bits per heavy atom. The van der Waals surface area contributed by atoms with Gasteiger partial charge in [0, 0.05) is 7.05 Å². The van der Waals surface area contributed by atoms with Crippen LogP contribution in [0.3, 0.4) is 0 Å². The van der Waals surface area contributed by atoms with Crippen molar-refractivity contribution in [1.82, 2.24) is 14.9 Å². The number of hydrogen-bond acceptors (Lipinski definition) is 4. The van der Waals surface area contributed by atoms with Crippen LogP contribution in [0.4, 0.5) is 14.7 Å². The Kier molecular flexibility index (Phi) is 2.02. The monoisotopic (exact) mass is 214 g/mol. The highest BCUT2D eigenvalue weighted by molar-refractivity contribution is 5.98. The van der Waals surface area contributed by atoms with E-state index in [1.54, 1.807) is 0 Å². The molecular weight excluding hydrogens is 206 g/mol. The third kappa shape index (κ3) is 1.39. The molecule has 80 valence electrons. The number of rotatable bonds is 1. The smallest absolute Gasteiger partial charge is 0.281 e. The minimum atomic E-state index is -2.82. The molecule has 5 nitrogen and oxygen atoms in total. The van der Waals surface area contributed by atoms with Gasteiger partial charge < -0.3 is 10.6 Å². The highest BCUT2D eigenvalue weighted by atomic mass is 19.3. The van der Waals surface area contributed by atoms with Crippen LogP contribution in [-0.2, 0) is 6.54 Å². The topological polar surface area (TPSA) is 72.1 Å². The van der Waals surface area contributed by atoms with Crippen molar-refractivity contribution in [3.05, 3.63) is 17.0 Å². The fourth-order valence-electron chi connectivity index (χ4n) is 1.54. The van der Waals surface area contributed by atoms with Crippen molar-refractivity contribution in [3.8, 4) is 0 Å². The number of nitrogens with two attached hydrogens (primary N) is 1. The summed E-state index contributed by atoms with van der Waals surface area (Å²) in [5.74, 6) is -0.715. The lowest BCUT2D eigenvalue weighted by Crippen LogP contribution is -2.18. The Morgan fingerprint density at radius 3 is 2.73 bits per heavy atom. The number of aromatic nitrogens is 2. The Bertz CT molecular complexity index is 435. The molecule has 1 aliphatic heterocycles. The Hall–Kier alpha value is -1.79. The third-order valence-electron chi connectivity index (χ3n) is 2.18. The highest BCUT2D eigenvalue weighted by Crippen LogP contribution is 2.29. The maximum absolute atomic E-state index is 12.6. The number of nitrogens with zero attached hydrogens (tertiary/aromatic N) is 3. The van der Waals surface area contributed by atoms with Gasteiger partial charge in [-0.15, -0.1) is 0 Å². The van der Waals surface area contributed by atoms with Crippen LogP contribution >= 0.6 is 0 Å². The molecule has 0 saturated heterocycles.